The van der Waals surface area contributed by atoms with Crippen molar-refractivity contribution in [2.45, 2.75) is 19.4 Å². The summed E-state index contributed by atoms with van der Waals surface area (Å²) in [5.74, 6) is -0.571. The minimum Gasteiger partial charge on any atom is -0.345 e. The summed E-state index contributed by atoms with van der Waals surface area (Å²) < 4.78 is 12.8. The lowest BCUT2D eigenvalue weighted by molar-refractivity contribution is 0.0935. The van der Waals surface area contributed by atoms with Gasteiger partial charge >= 0.3 is 0 Å². The Morgan fingerprint density at radius 3 is 2.30 bits per heavy atom. The number of carbonyl (C=O) groups is 1. The highest BCUT2D eigenvalue weighted by Gasteiger charge is 2.14. The summed E-state index contributed by atoms with van der Waals surface area (Å²) in [5, 5.41) is 3.59. The van der Waals surface area contributed by atoms with Crippen LogP contribution in [0, 0.1) is 5.82 Å². The molecule has 1 N–H and O–H groups in total. The highest BCUT2D eigenvalue weighted by molar-refractivity contribution is 6.30. The minimum absolute atomic E-state index is 0.0928. The van der Waals surface area contributed by atoms with E-state index >= 15 is 0 Å². The molecule has 104 valence electrons. The first-order valence-electron chi connectivity index (χ1n) is 6.42. The number of amides is 1. The second kappa shape index (κ2) is 6.53. The maximum atomic E-state index is 12.8. The second-order valence-electron chi connectivity index (χ2n) is 4.49. The van der Waals surface area contributed by atoms with Crippen molar-refractivity contribution in [1.82, 2.24) is 5.32 Å². The molecule has 0 saturated heterocycles. The first kappa shape index (κ1) is 14.5. The Bertz CT molecular complexity index is 580. The lowest BCUT2D eigenvalue weighted by Gasteiger charge is -2.17. The van der Waals surface area contributed by atoms with Crippen molar-refractivity contribution in [3.8, 4) is 0 Å². The predicted molar refractivity (Wildman–Crippen MR) is 78.4 cm³/mol. The summed E-state index contributed by atoms with van der Waals surface area (Å²) in [6.45, 7) is 1.99. The molecule has 20 heavy (non-hydrogen) atoms. The molecular weight excluding hydrogens is 277 g/mol. The molecule has 0 spiro atoms. The zero-order valence-electron chi connectivity index (χ0n) is 11.1. The fraction of sp³-hybridized carbons (Fsp3) is 0.188. The predicted octanol–water partition coefficient (Wildman–Crippen LogP) is 4.36. The largest absolute Gasteiger partial charge is 0.345 e. The van der Waals surface area contributed by atoms with E-state index in [1.54, 1.807) is 12.1 Å². The van der Waals surface area contributed by atoms with E-state index in [1.807, 2.05) is 19.1 Å². The first-order valence-corrected chi connectivity index (χ1v) is 6.80. The van der Waals surface area contributed by atoms with Gasteiger partial charge in [0.2, 0.25) is 0 Å². The van der Waals surface area contributed by atoms with Gasteiger partial charge in [-0.1, -0.05) is 30.7 Å². The topological polar surface area (TPSA) is 29.1 Å². The summed E-state index contributed by atoms with van der Waals surface area (Å²) in [4.78, 5) is 12.1. The Kier molecular flexibility index (Phi) is 4.74. The van der Waals surface area contributed by atoms with E-state index in [-0.39, 0.29) is 17.8 Å². The molecule has 1 atom stereocenters. The maximum absolute atomic E-state index is 12.8. The lowest BCUT2D eigenvalue weighted by atomic mass is 10.0. The molecule has 0 bridgehead atoms. The number of halogens is 2. The summed E-state index contributed by atoms with van der Waals surface area (Å²) in [7, 11) is 0. The Labute approximate surface area is 122 Å². The summed E-state index contributed by atoms with van der Waals surface area (Å²) >= 11 is 5.85. The van der Waals surface area contributed by atoms with E-state index in [9.17, 15) is 9.18 Å². The standard InChI is InChI=1S/C16H15ClFNO/c1-2-15(11-3-7-13(17)8-4-11)19-16(20)12-5-9-14(18)10-6-12/h3-10,15H,2H2,1H3,(H,19,20)/t15-/m0/s1. The molecule has 0 saturated carbocycles. The van der Waals surface area contributed by atoms with Crippen LogP contribution in [0.5, 0.6) is 0 Å². The van der Waals surface area contributed by atoms with Gasteiger partial charge in [-0.25, -0.2) is 4.39 Å². The van der Waals surface area contributed by atoms with Crippen molar-refractivity contribution < 1.29 is 9.18 Å². The third kappa shape index (κ3) is 3.58. The zero-order chi connectivity index (χ0) is 14.5. The highest BCUT2D eigenvalue weighted by atomic mass is 35.5. The van der Waals surface area contributed by atoms with Crippen LogP contribution in [0.25, 0.3) is 0 Å². The van der Waals surface area contributed by atoms with E-state index in [1.165, 1.54) is 24.3 Å². The summed E-state index contributed by atoms with van der Waals surface area (Å²) in [6.07, 6.45) is 0.758. The average molecular weight is 292 g/mol. The first-order chi connectivity index (χ1) is 9.60. The molecule has 2 nitrogen and oxygen atoms in total. The number of rotatable bonds is 4. The number of hydrogen-bond acceptors (Lipinski definition) is 1. The lowest BCUT2D eigenvalue weighted by Crippen LogP contribution is -2.28. The van der Waals surface area contributed by atoms with Crippen LogP contribution in [-0.4, -0.2) is 5.91 Å². The van der Waals surface area contributed by atoms with Gasteiger partial charge in [0.05, 0.1) is 6.04 Å². The molecule has 0 fully saturated rings. The van der Waals surface area contributed by atoms with Crippen molar-refractivity contribution in [1.29, 1.82) is 0 Å². The summed E-state index contributed by atoms with van der Waals surface area (Å²) in [6, 6.07) is 12.8. The smallest absolute Gasteiger partial charge is 0.251 e. The van der Waals surface area contributed by atoms with E-state index in [4.69, 9.17) is 11.6 Å². The van der Waals surface area contributed by atoms with Crippen molar-refractivity contribution in [3.05, 3.63) is 70.5 Å². The average Bonchev–Trinajstić information content (AvgIpc) is 2.46. The van der Waals surface area contributed by atoms with Crippen molar-refractivity contribution in [2.24, 2.45) is 0 Å². The number of nitrogens with one attached hydrogen (secondary N) is 1. The molecule has 2 aromatic carbocycles. The summed E-state index contributed by atoms with van der Waals surface area (Å²) in [5.41, 5.74) is 1.44. The number of benzene rings is 2. The van der Waals surface area contributed by atoms with Gasteiger partial charge in [0.1, 0.15) is 5.82 Å². The SMILES string of the molecule is CC[C@H](NC(=O)c1ccc(F)cc1)c1ccc(Cl)cc1. The number of hydrogen-bond donors (Lipinski definition) is 1. The van der Waals surface area contributed by atoms with E-state index in [0.29, 0.717) is 10.6 Å². The molecule has 0 unspecified atom stereocenters. The van der Waals surface area contributed by atoms with Crippen LogP contribution in [0.3, 0.4) is 0 Å². The van der Waals surface area contributed by atoms with Crippen LogP contribution in [0.15, 0.2) is 48.5 Å². The van der Waals surface area contributed by atoms with E-state index in [0.717, 1.165) is 12.0 Å². The minimum atomic E-state index is -0.355. The van der Waals surface area contributed by atoms with Gasteiger partial charge in [0.25, 0.3) is 5.91 Å². The van der Waals surface area contributed by atoms with Crippen LogP contribution < -0.4 is 5.32 Å². The zero-order valence-corrected chi connectivity index (χ0v) is 11.8. The molecule has 0 heterocycles. The van der Waals surface area contributed by atoms with E-state index in [2.05, 4.69) is 5.32 Å². The molecule has 0 aliphatic heterocycles. The monoisotopic (exact) mass is 291 g/mol. The third-order valence-corrected chi connectivity index (χ3v) is 3.34. The quantitative estimate of drug-likeness (QED) is 0.891. The Balaban J connectivity index is 2.11. The van der Waals surface area contributed by atoms with Crippen molar-refractivity contribution in [3.63, 3.8) is 0 Å². The fourth-order valence-corrected chi connectivity index (χ4v) is 2.09. The van der Waals surface area contributed by atoms with E-state index < -0.39 is 0 Å². The van der Waals surface area contributed by atoms with Crippen LogP contribution in [0.2, 0.25) is 5.02 Å². The van der Waals surface area contributed by atoms with Crippen molar-refractivity contribution >= 4 is 17.5 Å². The van der Waals surface area contributed by atoms with Crippen LogP contribution >= 0.6 is 11.6 Å². The van der Waals surface area contributed by atoms with Gasteiger partial charge < -0.3 is 5.32 Å². The molecule has 0 aromatic heterocycles. The molecule has 2 rings (SSSR count). The van der Waals surface area contributed by atoms with Gasteiger partial charge in [-0.15, -0.1) is 0 Å². The van der Waals surface area contributed by atoms with Gasteiger partial charge in [-0.2, -0.15) is 0 Å². The number of carbonyl (C=O) groups excluding carboxylic acids is 1. The molecular formula is C16H15ClFNO. The van der Waals surface area contributed by atoms with Crippen LogP contribution in [0.1, 0.15) is 35.3 Å². The van der Waals surface area contributed by atoms with Gasteiger partial charge in [-0.05, 0) is 48.4 Å². The van der Waals surface area contributed by atoms with Crippen LogP contribution in [-0.2, 0) is 0 Å². The normalized spacial score (nSPS) is 11.9. The third-order valence-electron chi connectivity index (χ3n) is 3.09. The van der Waals surface area contributed by atoms with Gasteiger partial charge in [0.15, 0.2) is 0 Å². The van der Waals surface area contributed by atoms with Gasteiger partial charge in [0, 0.05) is 10.6 Å². The Hall–Kier alpha value is -1.87. The molecule has 4 heteroatoms. The maximum Gasteiger partial charge on any atom is 0.251 e. The van der Waals surface area contributed by atoms with Gasteiger partial charge in [-0.3, -0.25) is 4.79 Å². The molecule has 0 aliphatic rings. The molecule has 1 amide bonds. The van der Waals surface area contributed by atoms with Crippen molar-refractivity contribution in [2.75, 3.05) is 0 Å². The molecule has 2 aromatic rings. The van der Waals surface area contributed by atoms with Crippen LogP contribution in [0.4, 0.5) is 4.39 Å². The Morgan fingerprint density at radius 1 is 1.15 bits per heavy atom. The Morgan fingerprint density at radius 2 is 1.75 bits per heavy atom. The highest BCUT2D eigenvalue weighted by Crippen LogP contribution is 2.19. The fourth-order valence-electron chi connectivity index (χ4n) is 1.96. The second-order valence-corrected chi connectivity index (χ2v) is 4.93. The molecule has 0 aliphatic carbocycles. The molecule has 0 radical (unpaired) electrons.